The quantitative estimate of drug-likeness (QED) is 0.311. The Balaban J connectivity index is 1.81. The number of hydrogen-bond acceptors (Lipinski definition) is 6. The average Bonchev–Trinajstić information content (AvgIpc) is 2.82. The van der Waals surface area contributed by atoms with Crippen LogP contribution in [-0.2, 0) is 20.9 Å². The highest BCUT2D eigenvalue weighted by molar-refractivity contribution is 14.1. The van der Waals surface area contributed by atoms with Crippen LogP contribution in [0.25, 0.3) is 0 Å². The van der Waals surface area contributed by atoms with E-state index in [1.807, 2.05) is 37.3 Å². The third-order valence-corrected chi connectivity index (χ3v) is 5.82. The van der Waals surface area contributed by atoms with Crippen molar-refractivity contribution in [2.75, 3.05) is 20.3 Å². The minimum absolute atomic E-state index is 0.196. The Bertz CT molecular complexity index is 1100. The molecule has 1 unspecified atom stereocenters. The molecular formula is C24H26IN3O6. The minimum atomic E-state index is -0.739. The number of benzene rings is 2. The van der Waals surface area contributed by atoms with Crippen LogP contribution in [0.4, 0.5) is 4.79 Å². The van der Waals surface area contributed by atoms with Gasteiger partial charge >= 0.3 is 12.0 Å². The molecule has 1 atom stereocenters. The van der Waals surface area contributed by atoms with E-state index in [9.17, 15) is 14.4 Å². The molecule has 3 amide bonds. The molecule has 1 aliphatic heterocycles. The molecule has 0 fully saturated rings. The number of esters is 1. The molecule has 1 aliphatic rings. The number of nitrogens with one attached hydrogen (secondary N) is 3. The molecule has 0 aliphatic carbocycles. The second-order valence-electron chi connectivity index (χ2n) is 7.38. The van der Waals surface area contributed by atoms with Crippen LogP contribution in [0.1, 0.15) is 31.0 Å². The molecule has 0 saturated carbocycles. The highest BCUT2D eigenvalue weighted by Gasteiger charge is 2.33. The van der Waals surface area contributed by atoms with Gasteiger partial charge in [0.15, 0.2) is 18.1 Å². The number of allylic oxidation sites excluding steroid dienone is 1. The van der Waals surface area contributed by atoms with Gasteiger partial charge in [-0.15, -0.1) is 0 Å². The van der Waals surface area contributed by atoms with E-state index in [1.54, 1.807) is 19.1 Å². The molecule has 1 heterocycles. The van der Waals surface area contributed by atoms with Gasteiger partial charge in [0.1, 0.15) is 0 Å². The molecule has 2 aromatic carbocycles. The number of urea groups is 1. The van der Waals surface area contributed by atoms with E-state index in [0.29, 0.717) is 39.5 Å². The standard InChI is InChI=1S/C24H26IN3O6/c1-4-33-18-11-16(21-20(23(30)32-3)14(2)27-24(31)28-21)10-17(25)22(18)34-13-19(29)26-12-15-8-6-5-7-9-15/h5-11,21H,4,12-13H2,1-3H3,(H,26,29)(H2,27,28,31). The molecular weight excluding hydrogens is 553 g/mol. The van der Waals surface area contributed by atoms with Crippen molar-refractivity contribution in [3.63, 3.8) is 0 Å². The van der Waals surface area contributed by atoms with Crippen LogP contribution in [0.15, 0.2) is 53.7 Å². The van der Waals surface area contributed by atoms with E-state index in [0.717, 1.165) is 5.56 Å². The molecule has 10 heteroatoms. The van der Waals surface area contributed by atoms with Crippen molar-refractivity contribution in [2.45, 2.75) is 26.4 Å². The predicted molar refractivity (Wildman–Crippen MR) is 133 cm³/mol. The first kappa shape index (κ1) is 25.3. The monoisotopic (exact) mass is 579 g/mol. The van der Waals surface area contributed by atoms with E-state index in [4.69, 9.17) is 14.2 Å². The molecule has 34 heavy (non-hydrogen) atoms. The SMILES string of the molecule is CCOc1cc(C2NC(=O)NC(C)=C2C(=O)OC)cc(I)c1OCC(=O)NCc1ccccc1. The van der Waals surface area contributed by atoms with Gasteiger partial charge in [-0.3, -0.25) is 4.79 Å². The minimum Gasteiger partial charge on any atom is -0.490 e. The van der Waals surface area contributed by atoms with Crippen molar-refractivity contribution in [1.82, 2.24) is 16.0 Å². The van der Waals surface area contributed by atoms with Gasteiger partial charge in [0.2, 0.25) is 0 Å². The first-order valence-corrected chi connectivity index (χ1v) is 11.7. The molecule has 0 bridgehead atoms. The zero-order chi connectivity index (χ0) is 24.7. The van der Waals surface area contributed by atoms with Gasteiger partial charge < -0.3 is 30.2 Å². The number of ether oxygens (including phenoxy) is 3. The molecule has 180 valence electrons. The van der Waals surface area contributed by atoms with Crippen molar-refractivity contribution in [3.8, 4) is 11.5 Å². The van der Waals surface area contributed by atoms with Crippen molar-refractivity contribution < 1.29 is 28.6 Å². The zero-order valence-electron chi connectivity index (χ0n) is 19.1. The summed E-state index contributed by atoms with van der Waals surface area (Å²) in [4.78, 5) is 36.8. The lowest BCUT2D eigenvalue weighted by atomic mass is 9.95. The Labute approximate surface area is 211 Å². The van der Waals surface area contributed by atoms with Crippen molar-refractivity contribution in [2.24, 2.45) is 0 Å². The number of halogens is 1. The highest BCUT2D eigenvalue weighted by atomic mass is 127. The van der Waals surface area contributed by atoms with Crippen molar-refractivity contribution >= 4 is 40.5 Å². The van der Waals surface area contributed by atoms with Gasteiger partial charge in [-0.25, -0.2) is 9.59 Å². The van der Waals surface area contributed by atoms with E-state index in [-0.39, 0.29) is 18.1 Å². The summed E-state index contributed by atoms with van der Waals surface area (Å²) in [5.41, 5.74) is 2.29. The van der Waals surface area contributed by atoms with Gasteiger partial charge in [0.05, 0.1) is 28.9 Å². The van der Waals surface area contributed by atoms with E-state index < -0.39 is 18.0 Å². The highest BCUT2D eigenvalue weighted by Crippen LogP contribution is 2.38. The third kappa shape index (κ3) is 6.19. The zero-order valence-corrected chi connectivity index (χ0v) is 21.2. The average molecular weight is 579 g/mol. The fourth-order valence-electron chi connectivity index (χ4n) is 3.47. The van der Waals surface area contributed by atoms with Crippen LogP contribution >= 0.6 is 22.6 Å². The maximum atomic E-state index is 12.4. The van der Waals surface area contributed by atoms with Crippen LogP contribution < -0.4 is 25.4 Å². The second-order valence-corrected chi connectivity index (χ2v) is 8.54. The van der Waals surface area contributed by atoms with Gasteiger partial charge in [-0.05, 0) is 59.7 Å². The molecule has 3 rings (SSSR count). The van der Waals surface area contributed by atoms with Crippen molar-refractivity contribution in [3.05, 3.63) is 68.4 Å². The van der Waals surface area contributed by atoms with Gasteiger partial charge in [0.25, 0.3) is 5.91 Å². The number of carbonyl (C=O) groups is 3. The summed E-state index contributed by atoms with van der Waals surface area (Å²) in [6.45, 7) is 4.02. The summed E-state index contributed by atoms with van der Waals surface area (Å²) < 4.78 is 17.1. The van der Waals surface area contributed by atoms with Gasteiger partial charge in [-0.1, -0.05) is 30.3 Å². The topological polar surface area (TPSA) is 115 Å². The number of carbonyl (C=O) groups excluding carboxylic acids is 3. The van der Waals surface area contributed by atoms with E-state index >= 15 is 0 Å². The van der Waals surface area contributed by atoms with E-state index in [2.05, 4.69) is 38.5 Å². The Morgan fingerprint density at radius 2 is 1.88 bits per heavy atom. The summed E-state index contributed by atoms with van der Waals surface area (Å²) in [5.74, 6) is -0.0294. The summed E-state index contributed by atoms with van der Waals surface area (Å²) in [5, 5.41) is 8.17. The normalized spacial score (nSPS) is 15.2. The van der Waals surface area contributed by atoms with Crippen LogP contribution in [-0.4, -0.2) is 38.2 Å². The summed E-state index contributed by atoms with van der Waals surface area (Å²) in [6, 6.07) is 11.9. The summed E-state index contributed by atoms with van der Waals surface area (Å²) >= 11 is 2.07. The molecule has 0 saturated heterocycles. The lowest BCUT2D eigenvalue weighted by molar-refractivity contribution is -0.136. The number of hydrogen-bond donors (Lipinski definition) is 3. The summed E-state index contributed by atoms with van der Waals surface area (Å²) in [6.07, 6.45) is 0. The fraction of sp³-hybridized carbons (Fsp3) is 0.292. The number of methoxy groups -OCH3 is 1. The van der Waals surface area contributed by atoms with Gasteiger partial charge in [-0.2, -0.15) is 0 Å². The fourth-order valence-corrected chi connectivity index (χ4v) is 4.25. The maximum absolute atomic E-state index is 12.4. The van der Waals surface area contributed by atoms with Crippen molar-refractivity contribution in [1.29, 1.82) is 0 Å². The second kappa shape index (κ2) is 11.7. The third-order valence-electron chi connectivity index (χ3n) is 5.02. The molecule has 0 aromatic heterocycles. The van der Waals surface area contributed by atoms with Crippen LogP contribution in [0.3, 0.4) is 0 Å². The first-order chi connectivity index (χ1) is 16.3. The first-order valence-electron chi connectivity index (χ1n) is 10.6. The molecule has 3 N–H and O–H groups in total. The Kier molecular flexibility index (Phi) is 8.74. The van der Waals surface area contributed by atoms with Crippen LogP contribution in [0.2, 0.25) is 0 Å². The lowest BCUT2D eigenvalue weighted by Crippen LogP contribution is -2.45. The Morgan fingerprint density at radius 1 is 1.15 bits per heavy atom. The Morgan fingerprint density at radius 3 is 2.56 bits per heavy atom. The largest absolute Gasteiger partial charge is 0.490 e. The molecule has 0 radical (unpaired) electrons. The Hall–Kier alpha value is -3.28. The molecule has 2 aromatic rings. The smallest absolute Gasteiger partial charge is 0.337 e. The predicted octanol–water partition coefficient (Wildman–Crippen LogP) is 3.19. The number of rotatable bonds is 9. The summed E-state index contributed by atoms with van der Waals surface area (Å²) in [7, 11) is 1.28. The number of amides is 3. The van der Waals surface area contributed by atoms with Crippen LogP contribution in [0, 0.1) is 3.57 Å². The lowest BCUT2D eigenvalue weighted by Gasteiger charge is -2.28. The maximum Gasteiger partial charge on any atom is 0.337 e. The van der Waals surface area contributed by atoms with Gasteiger partial charge in [0, 0.05) is 12.2 Å². The van der Waals surface area contributed by atoms with Crippen LogP contribution in [0.5, 0.6) is 11.5 Å². The molecule has 9 nitrogen and oxygen atoms in total. The van der Waals surface area contributed by atoms with E-state index in [1.165, 1.54) is 7.11 Å². The molecule has 0 spiro atoms.